The van der Waals surface area contributed by atoms with Crippen molar-refractivity contribution in [2.75, 3.05) is 0 Å². The molecule has 5 heteroatoms. The molecule has 0 rings (SSSR count). The fraction of sp³-hybridized carbons (Fsp3) is 0. The first-order valence-electron chi connectivity index (χ1n) is 0.768. The number of carbonyl (C=O) groups is 1. The molecule has 0 bridgehead atoms. The molecular weight excluding hydrogens is 131 g/mol. The van der Waals surface area contributed by atoms with Crippen LogP contribution in [0.2, 0.25) is 0 Å². The maximum atomic E-state index is 9.22. The second-order valence-corrected chi connectivity index (χ2v) is 1.03. The molecule has 0 aromatic carbocycles. The molecule has 0 spiro atoms. The normalized spacial score (nSPS) is 6.83. The molecule has 0 aromatic rings. The summed E-state index contributed by atoms with van der Waals surface area (Å²) >= 11 is 0.153. The summed E-state index contributed by atoms with van der Waals surface area (Å²) in [6.45, 7) is 0. The zero-order valence-corrected chi connectivity index (χ0v) is 3.94. The van der Waals surface area contributed by atoms with Gasteiger partial charge in [0.25, 0.3) is 0 Å². The molecule has 0 radical (unpaired) electrons. The van der Waals surface area contributed by atoms with Gasteiger partial charge in [0.2, 0.25) is 0 Å². The number of rotatable bonds is 1. The third-order valence-corrected chi connectivity index (χ3v) is 0.322. The predicted octanol–water partition coefficient (Wildman–Crippen LogP) is -0.217. The number of hydrogen-bond donors (Lipinski definition) is 3. The van der Waals surface area contributed by atoms with Crippen LogP contribution in [0.1, 0.15) is 0 Å². The van der Waals surface area contributed by atoms with Gasteiger partial charge in [0.1, 0.15) is 0 Å². The molecule has 0 aliphatic carbocycles. The van der Waals surface area contributed by atoms with Crippen molar-refractivity contribution in [1.82, 2.24) is 6.15 Å². The van der Waals surface area contributed by atoms with Gasteiger partial charge >= 0.3 is 34.3 Å². The minimum absolute atomic E-state index is 0. The minimum atomic E-state index is -1.03. The number of carboxylic acid groups (broad SMARTS) is 1. The fourth-order valence-corrected chi connectivity index (χ4v) is 0. The molecule has 4 nitrogen and oxygen atoms in total. The van der Waals surface area contributed by atoms with Crippen LogP contribution in [0.5, 0.6) is 0 Å². The van der Waals surface area contributed by atoms with Crippen LogP contribution in [0.15, 0.2) is 0 Å². The van der Waals surface area contributed by atoms with Crippen LogP contribution in [0, 0.1) is 0 Å². The van der Waals surface area contributed by atoms with Crippen LogP contribution in [-0.4, -0.2) is 10.0 Å². The summed E-state index contributed by atoms with van der Waals surface area (Å²) < 4.78 is 0. The van der Waals surface area contributed by atoms with Gasteiger partial charge in [-0.1, -0.05) is 0 Å². The van der Waals surface area contributed by atoms with E-state index in [9.17, 15) is 4.79 Å². The topological polar surface area (TPSA) is 98.3 Å². The Bertz CT molecular complexity index is 46.8. The van der Waals surface area contributed by atoms with Crippen molar-refractivity contribution in [3.63, 3.8) is 0 Å². The second kappa shape index (κ2) is 4.88. The van der Waals surface area contributed by atoms with E-state index in [4.69, 9.17) is 5.11 Å². The molecule has 0 aliphatic heterocycles. The van der Waals surface area contributed by atoms with Gasteiger partial charge in [-0.25, -0.2) is 0 Å². The average Bonchev–Trinajstić information content (AvgIpc) is 1.38. The first kappa shape index (κ1) is 9.30. The molecular formula is CH6N2NiO2. The summed E-state index contributed by atoms with van der Waals surface area (Å²) in [7, 11) is 0. The van der Waals surface area contributed by atoms with Crippen molar-refractivity contribution in [2.24, 2.45) is 4.81 Å². The molecule has 0 atom stereocenters. The summed E-state index contributed by atoms with van der Waals surface area (Å²) in [6.07, 6.45) is 0. The second-order valence-electron chi connectivity index (χ2n) is 0.318. The molecule has 0 heterocycles. The van der Waals surface area contributed by atoms with Gasteiger partial charge in [-0.3, -0.25) is 0 Å². The van der Waals surface area contributed by atoms with Gasteiger partial charge in [0, 0.05) is 0 Å². The van der Waals surface area contributed by atoms with E-state index < -0.39 is 4.94 Å². The average molecular weight is 137 g/mol. The number of nitrogens with two attached hydrogens (primary N) is 1. The zero-order valence-electron chi connectivity index (χ0n) is 2.96. The van der Waals surface area contributed by atoms with Crippen molar-refractivity contribution in [1.29, 1.82) is 0 Å². The van der Waals surface area contributed by atoms with E-state index in [1.807, 2.05) is 0 Å². The van der Waals surface area contributed by atoms with E-state index in [2.05, 4.69) is 4.81 Å². The Morgan fingerprint density at radius 3 is 2.00 bits per heavy atom. The Balaban J connectivity index is 0. The van der Waals surface area contributed by atoms with Crippen molar-refractivity contribution >= 4 is 4.94 Å². The van der Waals surface area contributed by atoms with Crippen LogP contribution in [0.25, 0.3) is 0 Å². The Morgan fingerprint density at radius 1 is 1.83 bits per heavy atom. The first-order chi connectivity index (χ1) is 2.27. The molecule has 0 amide bonds. The zero-order chi connectivity index (χ0) is 4.28. The van der Waals surface area contributed by atoms with Crippen molar-refractivity contribution in [2.45, 2.75) is 0 Å². The van der Waals surface area contributed by atoms with Gasteiger partial charge in [-0.2, -0.15) is 0 Å². The Hall–Kier alpha value is -0.116. The molecule has 6 heavy (non-hydrogen) atoms. The Morgan fingerprint density at radius 2 is 2.00 bits per heavy atom. The molecule has 0 aliphatic rings. The van der Waals surface area contributed by atoms with Gasteiger partial charge in [-0.15, -0.1) is 0 Å². The van der Waals surface area contributed by atoms with Gasteiger partial charge in [-0.05, 0) is 0 Å². The van der Waals surface area contributed by atoms with E-state index in [0.29, 0.717) is 0 Å². The van der Waals surface area contributed by atoms with Crippen LogP contribution < -0.4 is 11.0 Å². The summed E-state index contributed by atoms with van der Waals surface area (Å²) in [4.78, 5) is 12.7. The fourth-order valence-electron chi connectivity index (χ4n) is 0. The van der Waals surface area contributed by atoms with Crippen molar-refractivity contribution in [3.05, 3.63) is 0 Å². The van der Waals surface area contributed by atoms with Gasteiger partial charge < -0.3 is 6.15 Å². The molecule has 42 valence electrons. The molecule has 0 fully saturated rings. The quantitative estimate of drug-likeness (QED) is 0.435. The maximum absolute atomic E-state index is 9.22. The van der Waals surface area contributed by atoms with E-state index in [1.54, 1.807) is 0 Å². The third-order valence-electron chi connectivity index (χ3n) is 0.0781. The van der Waals surface area contributed by atoms with Crippen LogP contribution in [0.4, 0.5) is 4.79 Å². The third kappa shape index (κ3) is 9.10. The first-order valence-corrected chi connectivity index (χ1v) is 1.83. The van der Waals surface area contributed by atoms with E-state index in [0.717, 1.165) is 0 Å². The van der Waals surface area contributed by atoms with Crippen molar-refractivity contribution < 1.29 is 24.6 Å². The van der Waals surface area contributed by atoms with Crippen LogP contribution in [0.3, 0.4) is 0 Å². The predicted molar refractivity (Wildman–Crippen MR) is 17.2 cm³/mol. The summed E-state index contributed by atoms with van der Waals surface area (Å²) in [6, 6.07) is 0. The molecule has 0 unspecified atom stereocenters. The Labute approximate surface area is 41.3 Å². The standard InChI is InChI=1S/CHO2.H3N.H2N.Ni/c2-1-3;;;/h(H,2,3);1H3;1H2;/q;;-1;+1. The van der Waals surface area contributed by atoms with Crippen LogP contribution >= 0.6 is 0 Å². The Kier molecular flexibility index (Phi) is 7.57. The number of hydrogen-bond acceptors (Lipinski definition) is 3. The molecule has 0 saturated heterocycles. The van der Waals surface area contributed by atoms with Gasteiger partial charge in [0.15, 0.2) is 0 Å². The van der Waals surface area contributed by atoms with Crippen LogP contribution in [-0.2, 0) is 14.7 Å². The van der Waals surface area contributed by atoms with Gasteiger partial charge in [0.05, 0.1) is 0 Å². The summed E-state index contributed by atoms with van der Waals surface area (Å²) in [5.41, 5.74) is 0. The summed E-state index contributed by atoms with van der Waals surface area (Å²) in [5.74, 6) is 0. The van der Waals surface area contributed by atoms with Crippen molar-refractivity contribution in [3.8, 4) is 0 Å². The SMILES string of the molecule is N.[NH2][Ni][C](=O)O. The van der Waals surface area contributed by atoms with E-state index >= 15 is 0 Å². The molecule has 6 N–H and O–H groups in total. The monoisotopic (exact) mass is 136 g/mol. The molecule has 0 aromatic heterocycles. The van der Waals surface area contributed by atoms with E-state index in [-0.39, 0.29) is 20.8 Å². The molecule has 0 saturated carbocycles. The summed E-state index contributed by atoms with van der Waals surface area (Å²) in [5, 5.41) is 7.57. The van der Waals surface area contributed by atoms with E-state index in [1.165, 1.54) is 0 Å².